The Labute approximate surface area is 85.4 Å². The zero-order valence-corrected chi connectivity index (χ0v) is 8.90. The van der Waals surface area contributed by atoms with E-state index in [1.54, 1.807) is 18.0 Å². The predicted octanol–water partition coefficient (Wildman–Crippen LogP) is 2.40. The average molecular weight is 214 g/mol. The van der Waals surface area contributed by atoms with Crippen molar-refractivity contribution in [3.8, 4) is 0 Å². The van der Waals surface area contributed by atoms with Gasteiger partial charge in [0.1, 0.15) is 10.1 Å². The molecule has 0 aliphatic carbocycles. The fraction of sp³-hybridized carbons (Fsp3) is 0.500. The highest BCUT2D eigenvalue weighted by Gasteiger charge is 2.14. The summed E-state index contributed by atoms with van der Waals surface area (Å²) in [6, 6.07) is 2.36. The lowest BCUT2D eigenvalue weighted by Crippen LogP contribution is -1.92. The first-order valence-electron chi connectivity index (χ1n) is 4.07. The molecule has 1 atom stereocenters. The van der Waals surface area contributed by atoms with E-state index >= 15 is 0 Å². The van der Waals surface area contributed by atoms with Crippen molar-refractivity contribution < 1.29 is 4.52 Å². The van der Waals surface area contributed by atoms with E-state index in [0.717, 1.165) is 17.3 Å². The molecular weight excluding hydrogens is 204 g/mol. The van der Waals surface area contributed by atoms with Gasteiger partial charge in [-0.05, 0) is 6.92 Å². The van der Waals surface area contributed by atoms with Gasteiger partial charge < -0.3 is 4.52 Å². The summed E-state index contributed by atoms with van der Waals surface area (Å²) in [4.78, 5) is 4.47. The summed E-state index contributed by atoms with van der Waals surface area (Å²) in [5.74, 6) is 2.85. The van der Waals surface area contributed by atoms with Crippen LogP contribution in [-0.2, 0) is 5.75 Å². The van der Waals surface area contributed by atoms with E-state index in [2.05, 4.69) is 17.1 Å². The van der Waals surface area contributed by atoms with Gasteiger partial charge in [0.05, 0.1) is 18.0 Å². The standard InChI is InChI=1S/C8H10N2OS2/c1-6-4-12-8(10-6)13-5-7-2-3-9-11-7/h2-3,6H,4-5H2,1H3. The van der Waals surface area contributed by atoms with E-state index in [9.17, 15) is 0 Å². The summed E-state index contributed by atoms with van der Waals surface area (Å²) in [6.45, 7) is 2.13. The Bertz CT molecular complexity index is 297. The molecule has 0 radical (unpaired) electrons. The van der Waals surface area contributed by atoms with Gasteiger partial charge in [0.2, 0.25) is 0 Å². The Morgan fingerprint density at radius 3 is 3.31 bits per heavy atom. The number of thioether (sulfide) groups is 2. The summed E-state index contributed by atoms with van der Waals surface area (Å²) >= 11 is 3.55. The predicted molar refractivity (Wildman–Crippen MR) is 57.2 cm³/mol. The molecular formula is C8H10N2OS2. The quantitative estimate of drug-likeness (QED) is 0.757. The topological polar surface area (TPSA) is 38.4 Å². The van der Waals surface area contributed by atoms with Gasteiger partial charge in [0.25, 0.3) is 0 Å². The highest BCUT2D eigenvalue weighted by molar-refractivity contribution is 8.38. The van der Waals surface area contributed by atoms with Crippen LogP contribution in [0.15, 0.2) is 21.8 Å². The minimum absolute atomic E-state index is 0.474. The van der Waals surface area contributed by atoms with E-state index < -0.39 is 0 Å². The lowest BCUT2D eigenvalue weighted by molar-refractivity contribution is 0.395. The lowest BCUT2D eigenvalue weighted by Gasteiger charge is -1.94. The maximum atomic E-state index is 4.99. The Morgan fingerprint density at radius 2 is 2.69 bits per heavy atom. The van der Waals surface area contributed by atoms with Gasteiger partial charge in [0, 0.05) is 11.8 Å². The molecule has 1 aliphatic heterocycles. The molecule has 0 bridgehead atoms. The number of hydrogen-bond donors (Lipinski definition) is 0. The summed E-state index contributed by atoms with van der Waals surface area (Å²) in [5.41, 5.74) is 0. The second-order valence-corrected chi connectivity index (χ2v) is 5.05. The molecule has 0 N–H and O–H groups in total. The van der Waals surface area contributed by atoms with E-state index in [1.165, 1.54) is 4.38 Å². The number of rotatable bonds is 2. The van der Waals surface area contributed by atoms with E-state index in [4.69, 9.17) is 4.52 Å². The first-order valence-corrected chi connectivity index (χ1v) is 6.04. The number of nitrogens with zero attached hydrogens (tertiary/aromatic N) is 2. The molecule has 1 aromatic rings. The van der Waals surface area contributed by atoms with Crippen LogP contribution in [0.4, 0.5) is 0 Å². The van der Waals surface area contributed by atoms with Crippen LogP contribution in [0.25, 0.3) is 0 Å². The van der Waals surface area contributed by atoms with Crippen molar-refractivity contribution in [2.75, 3.05) is 5.75 Å². The molecule has 2 heterocycles. The van der Waals surface area contributed by atoms with Crippen molar-refractivity contribution in [2.45, 2.75) is 18.7 Å². The molecule has 0 aromatic carbocycles. The molecule has 1 aromatic heterocycles. The van der Waals surface area contributed by atoms with Crippen molar-refractivity contribution in [2.24, 2.45) is 4.99 Å². The van der Waals surface area contributed by atoms with Crippen LogP contribution in [0.2, 0.25) is 0 Å². The first kappa shape index (κ1) is 9.15. The van der Waals surface area contributed by atoms with Crippen molar-refractivity contribution >= 4 is 27.9 Å². The SMILES string of the molecule is CC1CSC(SCc2ccno2)=N1. The normalized spacial score (nSPS) is 21.9. The van der Waals surface area contributed by atoms with E-state index in [0.29, 0.717) is 6.04 Å². The molecule has 0 amide bonds. The fourth-order valence-electron chi connectivity index (χ4n) is 0.975. The molecule has 3 nitrogen and oxygen atoms in total. The van der Waals surface area contributed by atoms with Gasteiger partial charge >= 0.3 is 0 Å². The Balaban J connectivity index is 1.83. The van der Waals surface area contributed by atoms with E-state index in [-0.39, 0.29) is 0 Å². The van der Waals surface area contributed by atoms with Crippen LogP contribution >= 0.6 is 23.5 Å². The maximum Gasteiger partial charge on any atom is 0.147 e. The molecule has 0 saturated heterocycles. The van der Waals surface area contributed by atoms with Gasteiger partial charge in [0.15, 0.2) is 0 Å². The maximum absolute atomic E-state index is 4.99. The van der Waals surface area contributed by atoms with Crippen LogP contribution in [0.5, 0.6) is 0 Å². The molecule has 5 heteroatoms. The third kappa shape index (κ3) is 2.51. The van der Waals surface area contributed by atoms with Gasteiger partial charge in [-0.25, -0.2) is 0 Å². The highest BCUT2D eigenvalue weighted by Crippen LogP contribution is 2.27. The van der Waals surface area contributed by atoms with Crippen molar-refractivity contribution in [3.63, 3.8) is 0 Å². The minimum atomic E-state index is 0.474. The smallest absolute Gasteiger partial charge is 0.147 e. The number of hydrogen-bond acceptors (Lipinski definition) is 5. The molecule has 0 saturated carbocycles. The fourth-order valence-corrected chi connectivity index (χ4v) is 3.07. The molecule has 0 fully saturated rings. The number of aliphatic imine (C=N–C) groups is 1. The summed E-state index contributed by atoms with van der Waals surface area (Å²) in [6.07, 6.45) is 1.67. The Hall–Kier alpha value is -0.420. The molecule has 70 valence electrons. The minimum Gasteiger partial charge on any atom is -0.361 e. The molecule has 1 unspecified atom stereocenters. The van der Waals surface area contributed by atoms with E-state index in [1.807, 2.05) is 17.8 Å². The second kappa shape index (κ2) is 4.19. The van der Waals surface area contributed by atoms with Crippen molar-refractivity contribution in [1.82, 2.24) is 5.16 Å². The zero-order valence-electron chi connectivity index (χ0n) is 7.27. The van der Waals surface area contributed by atoms with Crippen LogP contribution in [0.1, 0.15) is 12.7 Å². The molecule has 1 aliphatic rings. The monoisotopic (exact) mass is 214 g/mol. The summed E-state index contributed by atoms with van der Waals surface area (Å²) in [5, 5.41) is 3.65. The second-order valence-electron chi connectivity index (χ2n) is 2.82. The van der Waals surface area contributed by atoms with Crippen LogP contribution in [0.3, 0.4) is 0 Å². The third-order valence-electron chi connectivity index (χ3n) is 1.60. The van der Waals surface area contributed by atoms with Gasteiger partial charge in [-0.2, -0.15) is 0 Å². The molecule has 0 spiro atoms. The largest absolute Gasteiger partial charge is 0.361 e. The van der Waals surface area contributed by atoms with Crippen molar-refractivity contribution in [1.29, 1.82) is 0 Å². The molecule has 13 heavy (non-hydrogen) atoms. The Kier molecular flexibility index (Phi) is 2.95. The lowest BCUT2D eigenvalue weighted by atomic mass is 10.4. The van der Waals surface area contributed by atoms with Gasteiger partial charge in [-0.1, -0.05) is 28.7 Å². The first-order chi connectivity index (χ1) is 6.34. The van der Waals surface area contributed by atoms with Crippen LogP contribution in [-0.4, -0.2) is 21.3 Å². The Morgan fingerprint density at radius 1 is 1.77 bits per heavy atom. The third-order valence-corrected chi connectivity index (χ3v) is 4.09. The summed E-state index contributed by atoms with van der Waals surface area (Å²) in [7, 11) is 0. The average Bonchev–Trinajstić information content (AvgIpc) is 2.71. The zero-order chi connectivity index (χ0) is 9.10. The summed E-state index contributed by atoms with van der Waals surface area (Å²) < 4.78 is 6.16. The van der Waals surface area contributed by atoms with Crippen LogP contribution < -0.4 is 0 Å². The van der Waals surface area contributed by atoms with Gasteiger partial charge in [-0.15, -0.1) is 0 Å². The number of aromatic nitrogens is 1. The van der Waals surface area contributed by atoms with Gasteiger partial charge in [-0.3, -0.25) is 4.99 Å². The molecule has 2 rings (SSSR count). The van der Waals surface area contributed by atoms with Crippen LogP contribution in [0, 0.1) is 0 Å². The van der Waals surface area contributed by atoms with Crippen molar-refractivity contribution in [3.05, 3.63) is 18.0 Å². The highest BCUT2D eigenvalue weighted by atomic mass is 32.2.